The van der Waals surface area contributed by atoms with Crippen LogP contribution in [0.3, 0.4) is 0 Å². The standard InChI is InChI=1S/C22H20F2N4O2/c1-13(29)26-15-7-5-14(6-8-15)12-25-22(30)21-17-3-2-4-20(17)28(27-21)16-9-10-18(23)19(24)11-16/h5-11H,2-4,12H2,1H3,(H,25,30)(H,26,29). The molecule has 2 aromatic carbocycles. The van der Waals surface area contributed by atoms with Crippen molar-refractivity contribution in [3.05, 3.63) is 76.6 Å². The minimum Gasteiger partial charge on any atom is -0.347 e. The molecule has 0 atom stereocenters. The van der Waals surface area contributed by atoms with Crippen molar-refractivity contribution in [2.45, 2.75) is 32.7 Å². The van der Waals surface area contributed by atoms with Crippen LogP contribution >= 0.6 is 0 Å². The lowest BCUT2D eigenvalue weighted by molar-refractivity contribution is -0.114. The van der Waals surface area contributed by atoms with E-state index in [1.807, 2.05) is 12.1 Å². The van der Waals surface area contributed by atoms with Gasteiger partial charge in [0.2, 0.25) is 5.91 Å². The van der Waals surface area contributed by atoms with Crippen LogP contribution in [0.25, 0.3) is 5.69 Å². The van der Waals surface area contributed by atoms with Gasteiger partial charge < -0.3 is 10.6 Å². The minimum absolute atomic E-state index is 0.151. The van der Waals surface area contributed by atoms with Gasteiger partial charge in [0.25, 0.3) is 5.91 Å². The molecule has 154 valence electrons. The van der Waals surface area contributed by atoms with Crippen LogP contribution in [0.5, 0.6) is 0 Å². The third kappa shape index (κ3) is 3.94. The highest BCUT2D eigenvalue weighted by atomic mass is 19.2. The molecular formula is C22H20F2N4O2. The van der Waals surface area contributed by atoms with Crippen molar-refractivity contribution in [2.75, 3.05) is 5.32 Å². The summed E-state index contributed by atoms with van der Waals surface area (Å²) in [6, 6.07) is 10.7. The summed E-state index contributed by atoms with van der Waals surface area (Å²) in [6.07, 6.45) is 2.31. The molecule has 0 saturated heterocycles. The molecule has 0 unspecified atom stereocenters. The zero-order valence-electron chi connectivity index (χ0n) is 16.3. The first kappa shape index (κ1) is 19.8. The Morgan fingerprint density at radius 3 is 2.53 bits per heavy atom. The number of hydrogen-bond donors (Lipinski definition) is 2. The Labute approximate surface area is 171 Å². The summed E-state index contributed by atoms with van der Waals surface area (Å²) in [5, 5.41) is 9.94. The zero-order chi connectivity index (χ0) is 21.3. The molecule has 3 aromatic rings. The molecule has 1 heterocycles. The second-order valence-electron chi connectivity index (χ2n) is 7.20. The smallest absolute Gasteiger partial charge is 0.272 e. The van der Waals surface area contributed by atoms with Crippen LogP contribution in [0, 0.1) is 11.6 Å². The third-order valence-electron chi connectivity index (χ3n) is 5.02. The molecule has 6 nitrogen and oxygen atoms in total. The Balaban J connectivity index is 1.52. The summed E-state index contributed by atoms with van der Waals surface area (Å²) in [5.41, 5.74) is 3.95. The van der Waals surface area contributed by atoms with E-state index in [-0.39, 0.29) is 11.8 Å². The lowest BCUT2D eigenvalue weighted by Crippen LogP contribution is -2.24. The normalized spacial score (nSPS) is 12.5. The number of nitrogens with one attached hydrogen (secondary N) is 2. The van der Waals surface area contributed by atoms with Gasteiger partial charge in [0.15, 0.2) is 17.3 Å². The van der Waals surface area contributed by atoms with Gasteiger partial charge in [-0.2, -0.15) is 5.10 Å². The number of amides is 2. The largest absolute Gasteiger partial charge is 0.347 e. The molecule has 0 radical (unpaired) electrons. The second-order valence-corrected chi connectivity index (χ2v) is 7.20. The van der Waals surface area contributed by atoms with Crippen molar-refractivity contribution in [1.29, 1.82) is 0 Å². The van der Waals surface area contributed by atoms with Crippen molar-refractivity contribution < 1.29 is 18.4 Å². The molecular weight excluding hydrogens is 390 g/mol. The van der Waals surface area contributed by atoms with Gasteiger partial charge in [-0.25, -0.2) is 13.5 Å². The van der Waals surface area contributed by atoms with Crippen LogP contribution in [0.15, 0.2) is 42.5 Å². The molecule has 2 N–H and O–H groups in total. The summed E-state index contributed by atoms with van der Waals surface area (Å²) in [7, 11) is 0. The van der Waals surface area contributed by atoms with Gasteiger partial charge in [-0.1, -0.05) is 12.1 Å². The van der Waals surface area contributed by atoms with Crippen LogP contribution in [-0.4, -0.2) is 21.6 Å². The Hall–Kier alpha value is -3.55. The fourth-order valence-electron chi connectivity index (χ4n) is 3.63. The van der Waals surface area contributed by atoms with Crippen LogP contribution in [0.4, 0.5) is 14.5 Å². The molecule has 0 spiro atoms. The Morgan fingerprint density at radius 2 is 1.83 bits per heavy atom. The van der Waals surface area contributed by atoms with Gasteiger partial charge >= 0.3 is 0 Å². The third-order valence-corrected chi connectivity index (χ3v) is 5.02. The molecule has 0 saturated carbocycles. The Bertz CT molecular complexity index is 1120. The van der Waals surface area contributed by atoms with Crippen molar-refractivity contribution in [3.8, 4) is 5.69 Å². The number of nitrogens with zero attached hydrogens (tertiary/aromatic N) is 2. The van der Waals surface area contributed by atoms with Crippen molar-refractivity contribution in [1.82, 2.24) is 15.1 Å². The first-order valence-corrected chi connectivity index (χ1v) is 9.63. The maximum absolute atomic E-state index is 13.7. The van der Waals surface area contributed by atoms with E-state index in [1.54, 1.807) is 12.1 Å². The lowest BCUT2D eigenvalue weighted by Gasteiger charge is -2.07. The van der Waals surface area contributed by atoms with Gasteiger partial charge in [-0.05, 0) is 49.1 Å². The van der Waals surface area contributed by atoms with Crippen LogP contribution < -0.4 is 10.6 Å². The van der Waals surface area contributed by atoms with Crippen molar-refractivity contribution >= 4 is 17.5 Å². The van der Waals surface area contributed by atoms with Gasteiger partial charge in [-0.3, -0.25) is 9.59 Å². The average molecular weight is 410 g/mol. The predicted octanol–water partition coefficient (Wildman–Crippen LogP) is 3.53. The highest BCUT2D eigenvalue weighted by molar-refractivity contribution is 5.94. The molecule has 1 aliphatic rings. The Kier molecular flexibility index (Phi) is 5.31. The molecule has 1 aliphatic carbocycles. The summed E-state index contributed by atoms with van der Waals surface area (Å²) >= 11 is 0. The number of aromatic nitrogens is 2. The maximum atomic E-state index is 13.7. The van der Waals surface area contributed by atoms with Gasteiger partial charge in [0.1, 0.15) is 0 Å². The number of rotatable bonds is 5. The molecule has 0 fully saturated rings. The van der Waals surface area contributed by atoms with E-state index in [0.29, 0.717) is 30.0 Å². The van der Waals surface area contributed by atoms with Crippen molar-refractivity contribution in [2.24, 2.45) is 0 Å². The van der Waals surface area contributed by atoms with Crippen molar-refractivity contribution in [3.63, 3.8) is 0 Å². The van der Waals surface area contributed by atoms with E-state index in [2.05, 4.69) is 15.7 Å². The van der Waals surface area contributed by atoms with E-state index in [0.717, 1.165) is 41.8 Å². The van der Waals surface area contributed by atoms with E-state index in [1.165, 1.54) is 17.7 Å². The number of anilines is 1. The topological polar surface area (TPSA) is 76.0 Å². The number of carbonyl (C=O) groups excluding carboxylic acids is 2. The number of benzene rings is 2. The second kappa shape index (κ2) is 8.06. The monoisotopic (exact) mass is 410 g/mol. The SMILES string of the molecule is CC(=O)Nc1ccc(CNC(=O)c2nn(-c3ccc(F)c(F)c3)c3c2CCC3)cc1. The zero-order valence-corrected chi connectivity index (χ0v) is 16.3. The average Bonchev–Trinajstić information content (AvgIpc) is 3.32. The molecule has 2 amide bonds. The first-order chi connectivity index (χ1) is 14.4. The van der Waals surface area contributed by atoms with E-state index in [4.69, 9.17) is 0 Å². The predicted molar refractivity (Wildman–Crippen MR) is 107 cm³/mol. The summed E-state index contributed by atoms with van der Waals surface area (Å²) in [4.78, 5) is 23.9. The summed E-state index contributed by atoms with van der Waals surface area (Å²) in [6.45, 7) is 1.73. The van der Waals surface area contributed by atoms with E-state index in [9.17, 15) is 18.4 Å². The fourth-order valence-corrected chi connectivity index (χ4v) is 3.63. The number of hydrogen-bond acceptors (Lipinski definition) is 3. The van der Waals surface area contributed by atoms with Gasteiger partial charge in [-0.15, -0.1) is 0 Å². The first-order valence-electron chi connectivity index (χ1n) is 9.63. The highest BCUT2D eigenvalue weighted by Crippen LogP contribution is 2.28. The molecule has 1 aromatic heterocycles. The summed E-state index contributed by atoms with van der Waals surface area (Å²) < 4.78 is 28.5. The summed E-state index contributed by atoms with van der Waals surface area (Å²) in [5.74, 6) is -2.35. The fraction of sp³-hybridized carbons (Fsp3) is 0.227. The van der Waals surface area contributed by atoms with Crippen LogP contribution in [-0.2, 0) is 24.2 Å². The number of halogens is 2. The molecule has 30 heavy (non-hydrogen) atoms. The number of carbonyl (C=O) groups is 2. The number of fused-ring (bicyclic) bond motifs is 1. The minimum atomic E-state index is -0.955. The van der Waals surface area contributed by atoms with E-state index < -0.39 is 11.6 Å². The molecule has 0 bridgehead atoms. The quantitative estimate of drug-likeness (QED) is 0.676. The van der Waals surface area contributed by atoms with Crippen LogP contribution in [0.1, 0.15) is 40.7 Å². The van der Waals surface area contributed by atoms with Crippen LogP contribution in [0.2, 0.25) is 0 Å². The molecule has 4 rings (SSSR count). The Morgan fingerprint density at radius 1 is 1.07 bits per heavy atom. The lowest BCUT2D eigenvalue weighted by atomic mass is 10.1. The van der Waals surface area contributed by atoms with E-state index >= 15 is 0 Å². The van der Waals surface area contributed by atoms with Gasteiger partial charge in [0.05, 0.1) is 5.69 Å². The molecule has 8 heteroatoms. The van der Waals surface area contributed by atoms with Gasteiger partial charge in [0, 0.05) is 36.5 Å². The molecule has 0 aliphatic heterocycles. The highest BCUT2D eigenvalue weighted by Gasteiger charge is 2.27. The maximum Gasteiger partial charge on any atom is 0.272 e.